The Labute approximate surface area is 110 Å². The molecule has 102 valence electrons. The van der Waals surface area contributed by atoms with Gasteiger partial charge in [-0.3, -0.25) is 0 Å². The van der Waals surface area contributed by atoms with E-state index in [2.05, 4.69) is 26.8 Å². The van der Waals surface area contributed by atoms with E-state index in [0.717, 1.165) is 42.9 Å². The van der Waals surface area contributed by atoms with Crippen molar-refractivity contribution in [3.05, 3.63) is 23.8 Å². The molecule has 0 aliphatic heterocycles. The summed E-state index contributed by atoms with van der Waals surface area (Å²) in [5.41, 5.74) is 6.78. The molecule has 0 spiro atoms. The van der Waals surface area contributed by atoms with E-state index in [9.17, 15) is 0 Å². The van der Waals surface area contributed by atoms with Crippen LogP contribution in [0.1, 0.15) is 39.2 Å². The fourth-order valence-electron chi connectivity index (χ4n) is 1.62. The van der Waals surface area contributed by atoms with E-state index in [-0.39, 0.29) is 6.10 Å². The maximum atomic E-state index is 5.93. The monoisotopic (exact) mass is 251 g/mol. The normalized spacial score (nSPS) is 12.2. The fraction of sp³-hybridized carbons (Fsp3) is 0.600. The second kappa shape index (κ2) is 7.98. The molecular weight excluding hydrogens is 226 g/mol. The predicted octanol–water partition coefficient (Wildman–Crippen LogP) is 3.15. The highest BCUT2D eigenvalue weighted by Gasteiger charge is 2.08. The maximum Gasteiger partial charge on any atom is 0.126 e. The highest BCUT2D eigenvalue weighted by Crippen LogP contribution is 2.26. The van der Waals surface area contributed by atoms with Crippen LogP contribution in [0, 0.1) is 0 Å². The van der Waals surface area contributed by atoms with E-state index in [1.807, 2.05) is 12.1 Å². The van der Waals surface area contributed by atoms with Crippen molar-refractivity contribution in [3.8, 4) is 11.5 Å². The van der Waals surface area contributed by atoms with Gasteiger partial charge in [0.15, 0.2) is 0 Å². The summed E-state index contributed by atoms with van der Waals surface area (Å²) >= 11 is 0. The van der Waals surface area contributed by atoms with Crippen LogP contribution in [0.5, 0.6) is 11.5 Å². The Balaban J connectivity index is 2.84. The molecule has 18 heavy (non-hydrogen) atoms. The second-order valence-electron chi connectivity index (χ2n) is 4.49. The van der Waals surface area contributed by atoms with Crippen LogP contribution in [0.15, 0.2) is 18.2 Å². The van der Waals surface area contributed by atoms with E-state index in [1.54, 1.807) is 0 Å². The minimum Gasteiger partial charge on any atom is -0.493 e. The summed E-state index contributed by atoms with van der Waals surface area (Å²) in [5, 5.41) is 0. The average Bonchev–Trinajstić information content (AvgIpc) is 2.39. The summed E-state index contributed by atoms with van der Waals surface area (Å²) < 4.78 is 11.6. The van der Waals surface area contributed by atoms with Crippen molar-refractivity contribution in [1.29, 1.82) is 0 Å². The van der Waals surface area contributed by atoms with Crippen molar-refractivity contribution in [3.63, 3.8) is 0 Å². The number of rotatable bonds is 8. The summed E-state index contributed by atoms with van der Waals surface area (Å²) in [4.78, 5) is 0. The number of ether oxygens (including phenoxy) is 2. The Kier molecular flexibility index (Phi) is 6.58. The van der Waals surface area contributed by atoms with Gasteiger partial charge < -0.3 is 15.2 Å². The van der Waals surface area contributed by atoms with E-state index >= 15 is 0 Å². The van der Waals surface area contributed by atoms with E-state index in [0.29, 0.717) is 6.54 Å². The molecule has 1 unspecified atom stereocenters. The lowest BCUT2D eigenvalue weighted by molar-refractivity contribution is 0.213. The SMILES string of the molecule is CCCOc1ccc(CCN)c(OC(C)CC)c1. The van der Waals surface area contributed by atoms with Crippen LogP contribution in [-0.4, -0.2) is 19.3 Å². The maximum absolute atomic E-state index is 5.93. The summed E-state index contributed by atoms with van der Waals surface area (Å²) in [6, 6.07) is 6.02. The lowest BCUT2D eigenvalue weighted by atomic mass is 10.1. The zero-order valence-corrected chi connectivity index (χ0v) is 11.7. The topological polar surface area (TPSA) is 44.5 Å². The van der Waals surface area contributed by atoms with Gasteiger partial charge in [0.1, 0.15) is 11.5 Å². The van der Waals surface area contributed by atoms with Crippen LogP contribution in [0.3, 0.4) is 0 Å². The van der Waals surface area contributed by atoms with Gasteiger partial charge in [-0.2, -0.15) is 0 Å². The number of nitrogens with two attached hydrogens (primary N) is 1. The molecule has 0 saturated carbocycles. The molecule has 1 rings (SSSR count). The van der Waals surface area contributed by atoms with Crippen molar-refractivity contribution >= 4 is 0 Å². The molecule has 2 N–H and O–H groups in total. The molecule has 0 aliphatic rings. The third kappa shape index (κ3) is 4.57. The molecule has 0 aromatic heterocycles. The first-order valence-electron chi connectivity index (χ1n) is 6.83. The Morgan fingerprint density at radius 3 is 2.67 bits per heavy atom. The van der Waals surface area contributed by atoms with E-state index in [4.69, 9.17) is 15.2 Å². The zero-order valence-electron chi connectivity index (χ0n) is 11.7. The van der Waals surface area contributed by atoms with Crippen LogP contribution in [0.4, 0.5) is 0 Å². The molecule has 1 atom stereocenters. The number of benzene rings is 1. The lowest BCUT2D eigenvalue weighted by Gasteiger charge is -2.17. The van der Waals surface area contributed by atoms with Gasteiger partial charge in [0, 0.05) is 6.07 Å². The van der Waals surface area contributed by atoms with Crippen molar-refractivity contribution in [2.75, 3.05) is 13.2 Å². The van der Waals surface area contributed by atoms with Crippen LogP contribution in [0.2, 0.25) is 0 Å². The van der Waals surface area contributed by atoms with Crippen molar-refractivity contribution < 1.29 is 9.47 Å². The molecule has 0 saturated heterocycles. The van der Waals surface area contributed by atoms with Crippen molar-refractivity contribution in [2.24, 2.45) is 5.73 Å². The molecule has 0 bridgehead atoms. The second-order valence-corrected chi connectivity index (χ2v) is 4.49. The smallest absolute Gasteiger partial charge is 0.126 e. The largest absolute Gasteiger partial charge is 0.493 e. The molecule has 0 radical (unpaired) electrons. The van der Waals surface area contributed by atoms with Gasteiger partial charge in [-0.15, -0.1) is 0 Å². The standard InChI is InChI=1S/C15H25NO2/c1-4-10-17-14-7-6-13(8-9-16)15(11-14)18-12(3)5-2/h6-7,11-12H,4-5,8-10,16H2,1-3H3. The first kappa shape index (κ1) is 14.8. The van der Waals surface area contributed by atoms with Gasteiger partial charge in [0.2, 0.25) is 0 Å². The molecule has 1 aromatic rings. The predicted molar refractivity (Wildman–Crippen MR) is 75.4 cm³/mol. The fourth-order valence-corrected chi connectivity index (χ4v) is 1.62. The Morgan fingerprint density at radius 1 is 1.28 bits per heavy atom. The number of hydrogen-bond donors (Lipinski definition) is 1. The van der Waals surface area contributed by atoms with E-state index in [1.165, 1.54) is 0 Å². The number of hydrogen-bond acceptors (Lipinski definition) is 3. The minimum absolute atomic E-state index is 0.211. The summed E-state index contributed by atoms with van der Waals surface area (Å²) in [6.45, 7) is 7.65. The Bertz CT molecular complexity index is 352. The third-order valence-corrected chi connectivity index (χ3v) is 2.83. The van der Waals surface area contributed by atoms with Crippen LogP contribution >= 0.6 is 0 Å². The van der Waals surface area contributed by atoms with Gasteiger partial charge in [-0.05, 0) is 44.4 Å². The van der Waals surface area contributed by atoms with Crippen LogP contribution < -0.4 is 15.2 Å². The lowest BCUT2D eigenvalue weighted by Crippen LogP contribution is -2.13. The molecule has 0 heterocycles. The van der Waals surface area contributed by atoms with Crippen molar-refractivity contribution in [2.45, 2.75) is 46.1 Å². The van der Waals surface area contributed by atoms with Gasteiger partial charge in [-0.25, -0.2) is 0 Å². The van der Waals surface area contributed by atoms with E-state index < -0.39 is 0 Å². The molecule has 3 heteroatoms. The quantitative estimate of drug-likeness (QED) is 0.772. The Hall–Kier alpha value is -1.22. The minimum atomic E-state index is 0.211. The molecule has 0 fully saturated rings. The van der Waals surface area contributed by atoms with Gasteiger partial charge in [0.25, 0.3) is 0 Å². The van der Waals surface area contributed by atoms with Crippen LogP contribution in [-0.2, 0) is 6.42 Å². The van der Waals surface area contributed by atoms with Crippen LogP contribution in [0.25, 0.3) is 0 Å². The van der Waals surface area contributed by atoms with Gasteiger partial charge in [-0.1, -0.05) is 19.9 Å². The first-order chi connectivity index (χ1) is 8.71. The summed E-state index contributed by atoms with van der Waals surface area (Å²) in [6.07, 6.45) is 3.04. The summed E-state index contributed by atoms with van der Waals surface area (Å²) in [5.74, 6) is 1.78. The molecular formula is C15H25NO2. The first-order valence-corrected chi connectivity index (χ1v) is 6.83. The van der Waals surface area contributed by atoms with Gasteiger partial charge >= 0.3 is 0 Å². The molecule has 0 amide bonds. The Morgan fingerprint density at radius 2 is 2.06 bits per heavy atom. The molecule has 3 nitrogen and oxygen atoms in total. The van der Waals surface area contributed by atoms with Crippen molar-refractivity contribution in [1.82, 2.24) is 0 Å². The summed E-state index contributed by atoms with van der Waals surface area (Å²) in [7, 11) is 0. The average molecular weight is 251 g/mol. The zero-order chi connectivity index (χ0) is 13.4. The molecule has 0 aliphatic carbocycles. The highest BCUT2D eigenvalue weighted by molar-refractivity contribution is 5.41. The highest BCUT2D eigenvalue weighted by atomic mass is 16.5. The molecule has 1 aromatic carbocycles. The van der Waals surface area contributed by atoms with Gasteiger partial charge in [0.05, 0.1) is 12.7 Å². The third-order valence-electron chi connectivity index (χ3n) is 2.83.